The Morgan fingerprint density at radius 1 is 0.972 bits per heavy atom. The maximum atomic E-state index is 13.6. The molecule has 1 amide bonds. The summed E-state index contributed by atoms with van der Waals surface area (Å²) >= 11 is 0. The molecule has 0 saturated heterocycles. The molecule has 6 heteroatoms. The first-order chi connectivity index (χ1) is 17.5. The Hall–Kier alpha value is -3.93. The third kappa shape index (κ3) is 2.93. The van der Waals surface area contributed by atoms with Crippen LogP contribution in [0.25, 0.3) is 22.0 Å². The number of carbonyl (C=O) groups is 2. The molecule has 3 aliphatic carbocycles. The zero-order valence-corrected chi connectivity index (χ0v) is 20.2. The number of nitrogens with zero attached hydrogens (tertiary/aromatic N) is 2. The van der Waals surface area contributed by atoms with Crippen LogP contribution in [0.1, 0.15) is 41.7 Å². The average Bonchev–Trinajstić information content (AvgIpc) is 3.84. The van der Waals surface area contributed by atoms with Gasteiger partial charge in [0.1, 0.15) is 0 Å². The van der Waals surface area contributed by atoms with Gasteiger partial charge < -0.3 is 14.6 Å². The second kappa shape index (κ2) is 7.29. The fraction of sp³-hybridized carbons (Fsp3) is 0.300. The highest BCUT2D eigenvalue weighted by molar-refractivity contribution is 6.06. The molecule has 36 heavy (non-hydrogen) atoms. The Morgan fingerprint density at radius 2 is 1.78 bits per heavy atom. The number of amides is 1. The van der Waals surface area contributed by atoms with Crippen LogP contribution in [0.2, 0.25) is 0 Å². The van der Waals surface area contributed by atoms with Crippen LogP contribution in [0.15, 0.2) is 79.1 Å². The molecule has 4 aromatic rings. The Labute approximate surface area is 209 Å². The number of pyridine rings is 1. The Bertz CT molecular complexity index is 1510. The summed E-state index contributed by atoms with van der Waals surface area (Å²) in [6, 6.07) is 22.2. The second-order valence-electron chi connectivity index (χ2n) is 10.6. The summed E-state index contributed by atoms with van der Waals surface area (Å²) < 4.78 is 7.14. The predicted octanol–water partition coefficient (Wildman–Crippen LogP) is 4.97. The topological polar surface area (TPSA) is 73.2 Å². The van der Waals surface area contributed by atoms with Crippen molar-refractivity contribution in [1.29, 1.82) is 0 Å². The Morgan fingerprint density at radius 3 is 2.47 bits per heavy atom. The molecule has 2 aromatic carbocycles. The number of esters is 1. The molecule has 2 aromatic heterocycles. The smallest absolute Gasteiger partial charge is 0.312 e. The molecule has 0 radical (unpaired) electrons. The number of hydrogen-bond acceptors (Lipinski definition) is 4. The van der Waals surface area contributed by atoms with Crippen LogP contribution in [0.3, 0.4) is 0 Å². The van der Waals surface area contributed by atoms with E-state index < -0.39 is 0 Å². The van der Waals surface area contributed by atoms with E-state index in [1.165, 1.54) is 7.11 Å². The van der Waals surface area contributed by atoms with E-state index in [1.54, 1.807) is 0 Å². The van der Waals surface area contributed by atoms with E-state index in [-0.39, 0.29) is 28.2 Å². The molecular formula is C30H27N3O3. The summed E-state index contributed by atoms with van der Waals surface area (Å²) in [5, 5.41) is 4.38. The molecular weight excluding hydrogens is 450 g/mol. The second-order valence-corrected chi connectivity index (χ2v) is 10.6. The van der Waals surface area contributed by atoms with Gasteiger partial charge in [0.25, 0.3) is 5.91 Å². The highest BCUT2D eigenvalue weighted by Crippen LogP contribution is 2.93. The number of methoxy groups -OCH3 is 1. The van der Waals surface area contributed by atoms with Crippen LogP contribution in [0.5, 0.6) is 0 Å². The molecule has 180 valence electrons. The molecule has 0 atom stereocenters. The summed E-state index contributed by atoms with van der Waals surface area (Å²) in [5.74, 6) is -0.192. The number of nitrogens with one attached hydrogen (secondary N) is 1. The standard InChI is InChI=1S/C30H27N3O3/c1-36-27(35)28-18-29(28,19-28)30(13-14-30)32-26(34)24-9-5-8-21-12-15-33(25(21)24)17-23-11-10-22(16-31-23)20-6-3-2-4-7-20/h2-12,15-16H,13-14,17-19H2,1H3,(H,32,34). The maximum absolute atomic E-state index is 13.6. The van der Waals surface area contributed by atoms with Crippen LogP contribution >= 0.6 is 0 Å². The van der Waals surface area contributed by atoms with E-state index in [9.17, 15) is 9.59 Å². The van der Waals surface area contributed by atoms with Crippen LogP contribution in [0, 0.1) is 10.8 Å². The van der Waals surface area contributed by atoms with E-state index in [4.69, 9.17) is 9.72 Å². The lowest BCUT2D eigenvalue weighted by Crippen LogP contribution is -2.41. The zero-order chi connectivity index (χ0) is 24.5. The molecule has 3 fully saturated rings. The number of hydrogen-bond donors (Lipinski definition) is 1. The summed E-state index contributed by atoms with van der Waals surface area (Å²) in [6.45, 7) is 0.573. The first kappa shape index (κ1) is 21.4. The van der Waals surface area contributed by atoms with Crippen molar-refractivity contribution in [2.45, 2.75) is 37.8 Å². The van der Waals surface area contributed by atoms with Gasteiger partial charge >= 0.3 is 5.97 Å². The predicted molar refractivity (Wildman–Crippen MR) is 136 cm³/mol. The van der Waals surface area contributed by atoms with Gasteiger partial charge in [0.05, 0.1) is 35.8 Å². The first-order valence-electron chi connectivity index (χ1n) is 12.5. The first-order valence-corrected chi connectivity index (χ1v) is 12.5. The van der Waals surface area contributed by atoms with Gasteiger partial charge in [-0.2, -0.15) is 0 Å². The van der Waals surface area contributed by atoms with Crippen molar-refractivity contribution >= 4 is 22.8 Å². The van der Waals surface area contributed by atoms with Crippen LogP contribution < -0.4 is 5.32 Å². The zero-order valence-electron chi connectivity index (χ0n) is 20.2. The van der Waals surface area contributed by atoms with E-state index in [2.05, 4.69) is 28.1 Å². The number of fused-ring (bicyclic) bond motifs is 2. The van der Waals surface area contributed by atoms with E-state index in [1.807, 2.05) is 60.9 Å². The highest BCUT2D eigenvalue weighted by Gasteiger charge is 2.95. The summed E-state index contributed by atoms with van der Waals surface area (Å²) in [4.78, 5) is 30.6. The van der Waals surface area contributed by atoms with Crippen molar-refractivity contribution in [2.24, 2.45) is 10.8 Å². The molecule has 3 aliphatic rings. The van der Waals surface area contributed by atoms with E-state index in [0.29, 0.717) is 12.1 Å². The molecule has 0 spiro atoms. The Balaban J connectivity index is 1.14. The quantitative estimate of drug-likeness (QED) is 0.382. The summed E-state index contributed by atoms with van der Waals surface area (Å²) in [6.07, 6.45) is 7.43. The number of benzene rings is 2. The SMILES string of the molecule is COC(=O)C12CC1(C1(NC(=O)c3cccc4ccn(Cc5ccc(-c6ccccc6)cn5)c34)CC1)C2. The van der Waals surface area contributed by atoms with Crippen molar-refractivity contribution in [3.63, 3.8) is 0 Å². The lowest BCUT2D eigenvalue weighted by Gasteiger charge is -2.21. The van der Waals surface area contributed by atoms with Gasteiger partial charge in [0.2, 0.25) is 0 Å². The van der Waals surface area contributed by atoms with Gasteiger partial charge in [0.15, 0.2) is 0 Å². The maximum Gasteiger partial charge on any atom is 0.312 e. The fourth-order valence-corrected chi connectivity index (χ4v) is 6.42. The molecule has 1 N–H and O–H groups in total. The van der Waals surface area contributed by atoms with Crippen molar-refractivity contribution < 1.29 is 14.3 Å². The number of rotatable bonds is 7. The minimum Gasteiger partial charge on any atom is -0.469 e. The number of aromatic nitrogens is 2. The van der Waals surface area contributed by atoms with E-state index in [0.717, 1.165) is 53.4 Å². The van der Waals surface area contributed by atoms with Crippen molar-refractivity contribution in [2.75, 3.05) is 7.11 Å². The largest absolute Gasteiger partial charge is 0.469 e. The van der Waals surface area contributed by atoms with Crippen molar-refractivity contribution in [1.82, 2.24) is 14.9 Å². The van der Waals surface area contributed by atoms with Crippen molar-refractivity contribution in [3.05, 3.63) is 90.4 Å². The summed E-state index contributed by atoms with van der Waals surface area (Å²) in [7, 11) is 1.45. The van der Waals surface area contributed by atoms with E-state index >= 15 is 0 Å². The number of para-hydroxylation sites is 1. The van der Waals surface area contributed by atoms with Gasteiger partial charge in [-0.3, -0.25) is 14.6 Å². The third-order valence-electron chi connectivity index (χ3n) is 8.77. The molecule has 3 saturated carbocycles. The molecule has 6 nitrogen and oxygen atoms in total. The Kier molecular flexibility index (Phi) is 4.33. The van der Waals surface area contributed by atoms with Gasteiger partial charge in [-0.15, -0.1) is 0 Å². The number of ether oxygens (including phenoxy) is 1. The molecule has 7 rings (SSSR count). The fourth-order valence-electron chi connectivity index (χ4n) is 6.42. The summed E-state index contributed by atoms with van der Waals surface area (Å²) in [5.41, 5.74) is 3.99. The molecule has 0 unspecified atom stereocenters. The van der Waals surface area contributed by atoms with Gasteiger partial charge in [-0.25, -0.2) is 0 Å². The van der Waals surface area contributed by atoms with Crippen LogP contribution in [0.4, 0.5) is 0 Å². The third-order valence-corrected chi connectivity index (χ3v) is 8.77. The molecule has 0 bridgehead atoms. The minimum absolute atomic E-state index is 0.0719. The lowest BCUT2D eigenvalue weighted by atomic mass is 10.0. The van der Waals surface area contributed by atoms with Gasteiger partial charge in [0, 0.05) is 34.3 Å². The average molecular weight is 478 g/mol. The highest BCUT2D eigenvalue weighted by atomic mass is 16.5. The van der Waals surface area contributed by atoms with Crippen LogP contribution in [-0.4, -0.2) is 34.1 Å². The monoisotopic (exact) mass is 477 g/mol. The van der Waals surface area contributed by atoms with Gasteiger partial charge in [-0.05, 0) is 49.4 Å². The van der Waals surface area contributed by atoms with Gasteiger partial charge in [-0.1, -0.05) is 48.5 Å². The normalized spacial score (nSPS) is 24.6. The van der Waals surface area contributed by atoms with Crippen LogP contribution in [-0.2, 0) is 16.1 Å². The molecule has 2 heterocycles. The number of carbonyl (C=O) groups excluding carboxylic acids is 2. The minimum atomic E-state index is -0.352. The molecule has 0 aliphatic heterocycles. The lowest BCUT2D eigenvalue weighted by molar-refractivity contribution is -0.144. The van der Waals surface area contributed by atoms with Crippen molar-refractivity contribution in [3.8, 4) is 11.1 Å².